The first kappa shape index (κ1) is 14.7. The predicted octanol–water partition coefficient (Wildman–Crippen LogP) is 2.92. The lowest BCUT2D eigenvalue weighted by Gasteiger charge is -2.10. The summed E-state index contributed by atoms with van der Waals surface area (Å²) in [5.74, 6) is -0.194. The first-order valence-electron chi connectivity index (χ1n) is 5.79. The fraction of sp³-hybridized carbons (Fsp3) is 0.385. The lowest BCUT2D eigenvalue weighted by Crippen LogP contribution is -2.18. The minimum absolute atomic E-state index is 0.103. The van der Waals surface area contributed by atoms with Crippen molar-refractivity contribution in [3.8, 4) is 0 Å². The molecule has 0 aliphatic rings. The maximum absolute atomic E-state index is 11.7. The molecule has 0 fully saturated rings. The number of rotatable bonds is 5. The fourth-order valence-electron chi connectivity index (χ4n) is 1.46. The van der Waals surface area contributed by atoms with E-state index in [9.17, 15) is 9.59 Å². The van der Waals surface area contributed by atoms with E-state index < -0.39 is 5.91 Å². The molecule has 0 bridgehead atoms. The lowest BCUT2D eigenvalue weighted by atomic mass is 10.1. The van der Waals surface area contributed by atoms with Crippen LogP contribution in [-0.4, -0.2) is 11.8 Å². The van der Waals surface area contributed by atoms with Gasteiger partial charge in [0.1, 0.15) is 0 Å². The molecule has 98 valence electrons. The summed E-state index contributed by atoms with van der Waals surface area (Å²) in [6.07, 6.45) is 1.25. The Morgan fingerprint density at radius 3 is 2.61 bits per heavy atom. The standard InChI is InChI=1S/C13H17BrN2O2/c1-8(2)3-6-12(17)16-11-5-4-9(14)7-10(11)13(15)18/h4-5,7-8H,3,6H2,1-2H3,(H2,15,18)(H,16,17). The zero-order valence-corrected chi connectivity index (χ0v) is 12.1. The SMILES string of the molecule is CC(C)CCC(=O)Nc1ccc(Br)cc1C(N)=O. The second-order valence-corrected chi connectivity index (χ2v) is 5.45. The van der Waals surface area contributed by atoms with Crippen LogP contribution in [0.5, 0.6) is 0 Å². The van der Waals surface area contributed by atoms with E-state index in [1.807, 2.05) is 0 Å². The van der Waals surface area contributed by atoms with Gasteiger partial charge in [0, 0.05) is 10.9 Å². The molecule has 0 aliphatic carbocycles. The number of carbonyl (C=O) groups is 2. The van der Waals surface area contributed by atoms with Crippen molar-refractivity contribution in [1.82, 2.24) is 0 Å². The van der Waals surface area contributed by atoms with Crippen LogP contribution >= 0.6 is 15.9 Å². The molecule has 1 rings (SSSR count). The average molecular weight is 313 g/mol. The molecule has 0 radical (unpaired) electrons. The van der Waals surface area contributed by atoms with E-state index in [0.717, 1.165) is 10.9 Å². The van der Waals surface area contributed by atoms with Gasteiger partial charge in [0.25, 0.3) is 5.91 Å². The van der Waals surface area contributed by atoms with Crippen molar-refractivity contribution < 1.29 is 9.59 Å². The number of hydrogen-bond donors (Lipinski definition) is 2. The Bertz CT molecular complexity index is 458. The van der Waals surface area contributed by atoms with Crippen molar-refractivity contribution in [3.05, 3.63) is 28.2 Å². The van der Waals surface area contributed by atoms with E-state index >= 15 is 0 Å². The molecule has 1 aromatic rings. The molecule has 4 nitrogen and oxygen atoms in total. The van der Waals surface area contributed by atoms with E-state index in [0.29, 0.717) is 23.6 Å². The summed E-state index contributed by atoms with van der Waals surface area (Å²) >= 11 is 3.26. The zero-order valence-electron chi connectivity index (χ0n) is 10.5. The molecule has 18 heavy (non-hydrogen) atoms. The largest absolute Gasteiger partial charge is 0.366 e. The quantitative estimate of drug-likeness (QED) is 0.877. The Hall–Kier alpha value is -1.36. The van der Waals surface area contributed by atoms with Gasteiger partial charge < -0.3 is 11.1 Å². The van der Waals surface area contributed by atoms with Crippen LogP contribution in [0.4, 0.5) is 5.69 Å². The van der Waals surface area contributed by atoms with Crippen LogP contribution in [-0.2, 0) is 4.79 Å². The highest BCUT2D eigenvalue weighted by atomic mass is 79.9. The molecule has 0 saturated carbocycles. The number of primary amides is 1. The third-order valence-electron chi connectivity index (χ3n) is 2.47. The van der Waals surface area contributed by atoms with Crippen molar-refractivity contribution in [1.29, 1.82) is 0 Å². The van der Waals surface area contributed by atoms with Gasteiger partial charge in [-0.25, -0.2) is 0 Å². The summed E-state index contributed by atoms with van der Waals surface area (Å²) in [6.45, 7) is 4.11. The monoisotopic (exact) mass is 312 g/mol. The van der Waals surface area contributed by atoms with Gasteiger partial charge in [0.05, 0.1) is 11.3 Å². The van der Waals surface area contributed by atoms with Gasteiger partial charge in [0.15, 0.2) is 0 Å². The van der Waals surface area contributed by atoms with E-state index in [1.165, 1.54) is 0 Å². The van der Waals surface area contributed by atoms with Crippen molar-refractivity contribution in [2.24, 2.45) is 11.7 Å². The Kier molecular flexibility index (Phi) is 5.34. The van der Waals surface area contributed by atoms with E-state index in [-0.39, 0.29) is 5.91 Å². The van der Waals surface area contributed by atoms with E-state index in [1.54, 1.807) is 18.2 Å². The highest BCUT2D eigenvalue weighted by Crippen LogP contribution is 2.21. The molecule has 0 aliphatic heterocycles. The number of nitrogens with two attached hydrogens (primary N) is 1. The number of nitrogens with one attached hydrogen (secondary N) is 1. The number of anilines is 1. The molecule has 0 aromatic heterocycles. The molecule has 0 atom stereocenters. The van der Waals surface area contributed by atoms with Crippen molar-refractivity contribution in [2.45, 2.75) is 26.7 Å². The van der Waals surface area contributed by atoms with Gasteiger partial charge in [-0.05, 0) is 30.5 Å². The Labute approximate surface area is 115 Å². The number of amides is 2. The number of hydrogen-bond acceptors (Lipinski definition) is 2. The Balaban J connectivity index is 2.78. The topological polar surface area (TPSA) is 72.2 Å². The molecular weight excluding hydrogens is 296 g/mol. The molecule has 3 N–H and O–H groups in total. The summed E-state index contributed by atoms with van der Waals surface area (Å²) in [5, 5.41) is 2.71. The van der Waals surface area contributed by atoms with E-state index in [2.05, 4.69) is 35.1 Å². The fourth-order valence-corrected chi connectivity index (χ4v) is 1.82. The summed E-state index contributed by atoms with van der Waals surface area (Å²) in [5.41, 5.74) is 6.04. The maximum Gasteiger partial charge on any atom is 0.250 e. The molecular formula is C13H17BrN2O2. The summed E-state index contributed by atoms with van der Waals surface area (Å²) in [6, 6.07) is 5.02. The average Bonchev–Trinajstić information content (AvgIpc) is 2.28. The molecule has 1 aromatic carbocycles. The number of benzene rings is 1. The summed E-state index contributed by atoms with van der Waals surface area (Å²) in [7, 11) is 0. The highest BCUT2D eigenvalue weighted by Gasteiger charge is 2.11. The van der Waals surface area contributed by atoms with Crippen molar-refractivity contribution in [2.75, 3.05) is 5.32 Å². The molecule has 5 heteroatoms. The predicted molar refractivity (Wildman–Crippen MR) is 75.4 cm³/mol. The van der Waals surface area contributed by atoms with Crippen LogP contribution < -0.4 is 11.1 Å². The van der Waals surface area contributed by atoms with Crippen LogP contribution in [0.3, 0.4) is 0 Å². The second-order valence-electron chi connectivity index (χ2n) is 4.53. The van der Waals surface area contributed by atoms with Crippen molar-refractivity contribution in [3.63, 3.8) is 0 Å². The number of halogens is 1. The Morgan fingerprint density at radius 1 is 1.39 bits per heavy atom. The van der Waals surface area contributed by atoms with Gasteiger partial charge in [-0.1, -0.05) is 29.8 Å². The molecule has 0 spiro atoms. The first-order valence-corrected chi connectivity index (χ1v) is 6.58. The third kappa shape index (κ3) is 4.49. The first-order chi connectivity index (χ1) is 8.40. The van der Waals surface area contributed by atoms with Gasteiger partial charge in [-0.15, -0.1) is 0 Å². The zero-order chi connectivity index (χ0) is 13.7. The minimum Gasteiger partial charge on any atom is -0.366 e. The normalized spacial score (nSPS) is 10.4. The van der Waals surface area contributed by atoms with Gasteiger partial charge in [-0.3, -0.25) is 9.59 Å². The lowest BCUT2D eigenvalue weighted by molar-refractivity contribution is -0.116. The molecule has 2 amide bonds. The van der Waals surface area contributed by atoms with Gasteiger partial charge >= 0.3 is 0 Å². The molecule has 0 saturated heterocycles. The van der Waals surface area contributed by atoms with Crippen LogP contribution in [0.15, 0.2) is 22.7 Å². The van der Waals surface area contributed by atoms with Crippen LogP contribution in [0.25, 0.3) is 0 Å². The smallest absolute Gasteiger partial charge is 0.250 e. The second kappa shape index (κ2) is 6.54. The third-order valence-corrected chi connectivity index (χ3v) is 2.96. The maximum atomic E-state index is 11.7. The van der Waals surface area contributed by atoms with Gasteiger partial charge in [0.2, 0.25) is 5.91 Å². The van der Waals surface area contributed by atoms with Crippen LogP contribution in [0.1, 0.15) is 37.0 Å². The van der Waals surface area contributed by atoms with Crippen LogP contribution in [0.2, 0.25) is 0 Å². The Morgan fingerprint density at radius 2 is 2.06 bits per heavy atom. The highest BCUT2D eigenvalue weighted by molar-refractivity contribution is 9.10. The molecule has 0 heterocycles. The van der Waals surface area contributed by atoms with Gasteiger partial charge in [-0.2, -0.15) is 0 Å². The summed E-state index contributed by atoms with van der Waals surface area (Å²) < 4.78 is 0.747. The van der Waals surface area contributed by atoms with Crippen LogP contribution in [0, 0.1) is 5.92 Å². The minimum atomic E-state index is -0.560. The number of carbonyl (C=O) groups excluding carboxylic acids is 2. The molecule has 0 unspecified atom stereocenters. The van der Waals surface area contributed by atoms with E-state index in [4.69, 9.17) is 5.73 Å². The summed E-state index contributed by atoms with van der Waals surface area (Å²) in [4.78, 5) is 23.0. The van der Waals surface area contributed by atoms with Crippen molar-refractivity contribution >= 4 is 33.4 Å².